The van der Waals surface area contributed by atoms with Gasteiger partial charge in [-0.25, -0.2) is 4.79 Å². The molecule has 1 saturated heterocycles. The molecule has 1 aromatic heterocycles. The van der Waals surface area contributed by atoms with Crippen molar-refractivity contribution in [3.8, 4) is 0 Å². The fourth-order valence-electron chi connectivity index (χ4n) is 5.20. The lowest BCUT2D eigenvalue weighted by Crippen LogP contribution is -2.57. The standard InChI is InChI=1S/C30H36N6O5/c1-20(37)33-16-26(30(40)41)35-28(39)19-36(18-22-8-4-7-21-6-2-3-9-24(21)22)29(25-10-5-13-32-25)27(38)17-34-23-11-14-31-15-12-23/h2-4,6-9,11-12,14-15,25-26,29,32H,5,10,13,16-19H2,1H3,(H,31,34)(H,33,37)(H,35,39)(H,40,41)/t25-,26-,29?/m0/s1. The molecule has 0 aliphatic carbocycles. The number of benzene rings is 2. The predicted octanol–water partition coefficient (Wildman–Crippen LogP) is 1.54. The summed E-state index contributed by atoms with van der Waals surface area (Å²) in [6.07, 6.45) is 4.94. The Morgan fingerprint density at radius 3 is 2.54 bits per heavy atom. The number of rotatable bonds is 14. The van der Waals surface area contributed by atoms with E-state index in [-0.39, 0.29) is 31.5 Å². The van der Waals surface area contributed by atoms with Gasteiger partial charge in [-0.3, -0.25) is 24.3 Å². The lowest BCUT2D eigenvalue weighted by atomic mass is 9.97. The highest BCUT2D eigenvalue weighted by atomic mass is 16.4. The lowest BCUT2D eigenvalue weighted by molar-refractivity contribution is -0.142. The van der Waals surface area contributed by atoms with Gasteiger partial charge in [0.25, 0.3) is 0 Å². The predicted molar refractivity (Wildman–Crippen MR) is 155 cm³/mol. The van der Waals surface area contributed by atoms with Crippen molar-refractivity contribution in [3.05, 3.63) is 72.6 Å². The molecule has 0 bridgehead atoms. The zero-order chi connectivity index (χ0) is 29.2. The maximum absolute atomic E-state index is 13.9. The van der Waals surface area contributed by atoms with Crippen molar-refractivity contribution < 1.29 is 24.3 Å². The van der Waals surface area contributed by atoms with Crippen LogP contribution in [0.4, 0.5) is 5.69 Å². The number of pyridine rings is 1. The molecule has 5 N–H and O–H groups in total. The summed E-state index contributed by atoms with van der Waals surface area (Å²) in [5.41, 5.74) is 1.70. The number of hydrogen-bond donors (Lipinski definition) is 5. The highest BCUT2D eigenvalue weighted by Gasteiger charge is 2.36. The second-order valence-corrected chi connectivity index (χ2v) is 10.1. The van der Waals surface area contributed by atoms with Crippen LogP contribution in [-0.4, -0.2) is 82.9 Å². The molecule has 1 fully saturated rings. The molecule has 0 radical (unpaired) electrons. The van der Waals surface area contributed by atoms with Gasteiger partial charge in [-0.2, -0.15) is 0 Å². The number of carboxylic acid groups (broad SMARTS) is 1. The summed E-state index contributed by atoms with van der Waals surface area (Å²) < 4.78 is 0. The van der Waals surface area contributed by atoms with Gasteiger partial charge in [-0.15, -0.1) is 0 Å². The number of nitrogens with one attached hydrogen (secondary N) is 4. The van der Waals surface area contributed by atoms with Crippen molar-refractivity contribution in [2.24, 2.45) is 0 Å². The van der Waals surface area contributed by atoms with Crippen molar-refractivity contribution >= 4 is 40.0 Å². The first-order valence-electron chi connectivity index (χ1n) is 13.7. The van der Waals surface area contributed by atoms with E-state index >= 15 is 0 Å². The van der Waals surface area contributed by atoms with Crippen LogP contribution in [0.15, 0.2) is 67.0 Å². The molecule has 3 atom stereocenters. The number of aromatic nitrogens is 1. The third-order valence-electron chi connectivity index (χ3n) is 7.14. The van der Waals surface area contributed by atoms with E-state index in [4.69, 9.17) is 0 Å². The normalized spacial score (nSPS) is 16.2. The van der Waals surface area contributed by atoms with Crippen LogP contribution in [0.2, 0.25) is 0 Å². The number of nitrogens with zero attached hydrogens (tertiary/aromatic N) is 2. The molecule has 2 amide bonds. The Morgan fingerprint density at radius 1 is 1.07 bits per heavy atom. The molecular weight excluding hydrogens is 524 g/mol. The quantitative estimate of drug-likeness (QED) is 0.198. The number of fused-ring (bicyclic) bond motifs is 1. The van der Waals surface area contributed by atoms with Gasteiger partial charge in [-0.05, 0) is 47.9 Å². The van der Waals surface area contributed by atoms with Gasteiger partial charge >= 0.3 is 5.97 Å². The van der Waals surface area contributed by atoms with E-state index in [1.54, 1.807) is 24.5 Å². The Balaban J connectivity index is 1.62. The van der Waals surface area contributed by atoms with E-state index < -0.39 is 29.9 Å². The summed E-state index contributed by atoms with van der Waals surface area (Å²) in [4.78, 5) is 56.1. The van der Waals surface area contributed by atoms with E-state index in [0.717, 1.165) is 41.4 Å². The molecule has 41 heavy (non-hydrogen) atoms. The maximum atomic E-state index is 13.9. The molecule has 3 aromatic rings. The molecule has 4 rings (SSSR count). The first-order valence-corrected chi connectivity index (χ1v) is 13.7. The zero-order valence-corrected chi connectivity index (χ0v) is 23.0. The number of carbonyl (C=O) groups is 4. The summed E-state index contributed by atoms with van der Waals surface area (Å²) >= 11 is 0. The summed E-state index contributed by atoms with van der Waals surface area (Å²) in [5.74, 6) is -2.31. The SMILES string of the molecule is CC(=O)NC[C@H](NC(=O)CN(Cc1cccc2ccccc12)C(C(=O)CNc1ccncc1)[C@@H]1CCCN1)C(=O)O. The minimum atomic E-state index is -1.31. The molecule has 2 aromatic carbocycles. The Kier molecular flexibility index (Phi) is 10.4. The minimum Gasteiger partial charge on any atom is -0.480 e. The highest BCUT2D eigenvalue weighted by Crippen LogP contribution is 2.24. The first kappa shape index (κ1) is 29.6. The largest absolute Gasteiger partial charge is 0.480 e. The Bertz CT molecular complexity index is 1360. The Labute approximate surface area is 238 Å². The van der Waals surface area contributed by atoms with Gasteiger partial charge in [-0.1, -0.05) is 42.5 Å². The monoisotopic (exact) mass is 560 g/mol. The molecule has 11 nitrogen and oxygen atoms in total. The van der Waals surface area contributed by atoms with Crippen LogP contribution in [-0.2, 0) is 25.7 Å². The van der Waals surface area contributed by atoms with Crippen molar-refractivity contribution in [1.82, 2.24) is 25.8 Å². The van der Waals surface area contributed by atoms with E-state index in [1.165, 1.54) is 6.92 Å². The number of anilines is 1. The molecule has 11 heteroatoms. The Morgan fingerprint density at radius 2 is 1.83 bits per heavy atom. The lowest BCUT2D eigenvalue weighted by Gasteiger charge is -2.35. The van der Waals surface area contributed by atoms with Crippen molar-refractivity contribution in [1.29, 1.82) is 0 Å². The second kappa shape index (κ2) is 14.3. The van der Waals surface area contributed by atoms with Crippen LogP contribution in [0.5, 0.6) is 0 Å². The number of Topliss-reactive ketones (excluding diaryl/α,β-unsaturated/α-hetero) is 1. The highest BCUT2D eigenvalue weighted by molar-refractivity contribution is 5.91. The van der Waals surface area contributed by atoms with Gasteiger partial charge in [0, 0.05) is 44.1 Å². The molecule has 2 heterocycles. The first-order chi connectivity index (χ1) is 19.8. The molecule has 1 unspecified atom stereocenters. The van der Waals surface area contributed by atoms with Crippen molar-refractivity contribution in [2.45, 2.75) is 44.4 Å². The van der Waals surface area contributed by atoms with Crippen LogP contribution in [0.3, 0.4) is 0 Å². The van der Waals surface area contributed by atoms with Crippen LogP contribution in [0.1, 0.15) is 25.3 Å². The Hall–Kier alpha value is -4.35. The van der Waals surface area contributed by atoms with Crippen LogP contribution in [0, 0.1) is 0 Å². The summed E-state index contributed by atoms with van der Waals surface area (Å²) in [5, 5.41) is 23.2. The summed E-state index contributed by atoms with van der Waals surface area (Å²) in [6, 6.07) is 15.3. The van der Waals surface area contributed by atoms with Crippen molar-refractivity contribution in [2.75, 3.05) is 31.5 Å². The van der Waals surface area contributed by atoms with Gasteiger partial charge in [0.1, 0.15) is 6.04 Å². The molecular formula is C30H36N6O5. The third-order valence-corrected chi connectivity index (χ3v) is 7.14. The van der Waals surface area contributed by atoms with Gasteiger partial charge in [0.15, 0.2) is 5.78 Å². The summed E-state index contributed by atoms with van der Waals surface area (Å²) in [6.45, 7) is 1.91. The van der Waals surface area contributed by atoms with Gasteiger partial charge in [0.2, 0.25) is 11.8 Å². The molecule has 0 saturated carbocycles. The van der Waals surface area contributed by atoms with Crippen LogP contribution >= 0.6 is 0 Å². The number of hydrogen-bond acceptors (Lipinski definition) is 8. The maximum Gasteiger partial charge on any atom is 0.328 e. The van der Waals surface area contributed by atoms with E-state index in [2.05, 4.69) is 26.3 Å². The molecule has 1 aliphatic heterocycles. The molecule has 0 spiro atoms. The number of aliphatic carboxylic acids is 1. The number of amides is 2. The number of ketones is 1. The molecule has 1 aliphatic rings. The summed E-state index contributed by atoms with van der Waals surface area (Å²) in [7, 11) is 0. The van der Waals surface area contributed by atoms with E-state index in [0.29, 0.717) is 6.54 Å². The number of carboxylic acids is 1. The second-order valence-electron chi connectivity index (χ2n) is 10.1. The smallest absolute Gasteiger partial charge is 0.328 e. The minimum absolute atomic E-state index is 0.0425. The molecule has 216 valence electrons. The average Bonchev–Trinajstić information content (AvgIpc) is 3.49. The zero-order valence-electron chi connectivity index (χ0n) is 23.0. The van der Waals surface area contributed by atoms with Gasteiger partial charge in [0.05, 0.1) is 19.1 Å². The van der Waals surface area contributed by atoms with Gasteiger partial charge < -0.3 is 26.4 Å². The van der Waals surface area contributed by atoms with Crippen molar-refractivity contribution in [3.63, 3.8) is 0 Å². The average molecular weight is 561 g/mol. The fraction of sp³-hybridized carbons (Fsp3) is 0.367. The number of carbonyl (C=O) groups excluding carboxylic acids is 3. The topological polar surface area (TPSA) is 153 Å². The third kappa shape index (κ3) is 8.32. The fourth-order valence-corrected chi connectivity index (χ4v) is 5.20. The van der Waals surface area contributed by atoms with E-state index in [9.17, 15) is 24.3 Å². The van der Waals surface area contributed by atoms with Crippen LogP contribution in [0.25, 0.3) is 10.8 Å². The van der Waals surface area contributed by atoms with E-state index in [1.807, 2.05) is 47.4 Å². The van der Waals surface area contributed by atoms with Crippen LogP contribution < -0.4 is 21.3 Å².